The van der Waals surface area contributed by atoms with Gasteiger partial charge in [-0.25, -0.2) is 4.98 Å². The molecule has 0 saturated heterocycles. The zero-order valence-electron chi connectivity index (χ0n) is 7.25. The topological polar surface area (TPSA) is 61.8 Å². The number of hydrogen-bond acceptors (Lipinski definition) is 3. The lowest BCUT2D eigenvalue weighted by molar-refractivity contribution is 0.475. The summed E-state index contributed by atoms with van der Waals surface area (Å²) in [6, 6.07) is 6.64. The Balaban J connectivity index is 2.63. The normalized spacial score (nSPS) is 9.64. The second-order valence-corrected chi connectivity index (χ2v) is 2.78. The van der Waals surface area contributed by atoms with Gasteiger partial charge in [-0.2, -0.15) is 5.26 Å². The van der Waals surface area contributed by atoms with Crippen LogP contribution in [0.25, 0.3) is 5.69 Å². The number of hydrogen-bond donors (Lipinski definition) is 1. The van der Waals surface area contributed by atoms with Crippen LogP contribution in [0.15, 0.2) is 36.9 Å². The summed E-state index contributed by atoms with van der Waals surface area (Å²) in [6.45, 7) is 0. The van der Waals surface area contributed by atoms with E-state index in [0.717, 1.165) is 0 Å². The predicted molar refractivity (Wildman–Crippen MR) is 49.9 cm³/mol. The monoisotopic (exact) mass is 185 g/mol. The van der Waals surface area contributed by atoms with Gasteiger partial charge in [-0.1, -0.05) is 0 Å². The molecule has 0 aliphatic heterocycles. The van der Waals surface area contributed by atoms with Crippen LogP contribution in [0.1, 0.15) is 5.56 Å². The molecule has 0 saturated carbocycles. The van der Waals surface area contributed by atoms with E-state index >= 15 is 0 Å². The first-order valence-electron chi connectivity index (χ1n) is 4.02. The molecule has 2 rings (SSSR count). The Morgan fingerprint density at radius 2 is 2.29 bits per heavy atom. The Morgan fingerprint density at radius 1 is 1.43 bits per heavy atom. The number of aromatic nitrogens is 2. The van der Waals surface area contributed by atoms with Crippen molar-refractivity contribution in [2.75, 3.05) is 0 Å². The maximum Gasteiger partial charge on any atom is 0.117 e. The van der Waals surface area contributed by atoms with Crippen LogP contribution in [0.5, 0.6) is 5.75 Å². The van der Waals surface area contributed by atoms with E-state index in [-0.39, 0.29) is 5.75 Å². The van der Waals surface area contributed by atoms with Gasteiger partial charge < -0.3 is 9.67 Å². The number of benzene rings is 1. The van der Waals surface area contributed by atoms with E-state index in [2.05, 4.69) is 11.1 Å². The minimum Gasteiger partial charge on any atom is -0.508 e. The van der Waals surface area contributed by atoms with Crippen molar-refractivity contribution in [2.24, 2.45) is 0 Å². The highest BCUT2D eigenvalue weighted by Crippen LogP contribution is 2.19. The van der Waals surface area contributed by atoms with Crippen LogP contribution in [-0.2, 0) is 0 Å². The number of nitriles is 1. The number of imidazole rings is 1. The standard InChI is InChI=1S/C10H7N3O/c11-6-8-1-2-9(14)5-10(8)13-4-3-12-7-13/h1-5,7,14H. The van der Waals surface area contributed by atoms with E-state index in [1.807, 2.05) is 0 Å². The molecule has 0 amide bonds. The van der Waals surface area contributed by atoms with Crippen LogP contribution < -0.4 is 0 Å². The van der Waals surface area contributed by atoms with E-state index in [1.54, 1.807) is 29.4 Å². The summed E-state index contributed by atoms with van der Waals surface area (Å²) in [5, 5.41) is 18.1. The van der Waals surface area contributed by atoms with Gasteiger partial charge in [0.25, 0.3) is 0 Å². The van der Waals surface area contributed by atoms with Gasteiger partial charge >= 0.3 is 0 Å². The Bertz CT molecular complexity index is 483. The van der Waals surface area contributed by atoms with Gasteiger partial charge in [0.15, 0.2) is 0 Å². The highest BCUT2D eigenvalue weighted by atomic mass is 16.3. The van der Waals surface area contributed by atoms with E-state index in [1.165, 1.54) is 12.1 Å². The molecule has 0 atom stereocenters. The average Bonchev–Trinajstić information content (AvgIpc) is 2.70. The van der Waals surface area contributed by atoms with Crippen LogP contribution in [0, 0.1) is 11.3 Å². The van der Waals surface area contributed by atoms with E-state index < -0.39 is 0 Å². The summed E-state index contributed by atoms with van der Waals surface area (Å²) in [6.07, 6.45) is 4.91. The quantitative estimate of drug-likeness (QED) is 0.731. The summed E-state index contributed by atoms with van der Waals surface area (Å²) in [7, 11) is 0. The highest BCUT2D eigenvalue weighted by molar-refractivity contribution is 5.52. The summed E-state index contributed by atoms with van der Waals surface area (Å²) < 4.78 is 1.68. The van der Waals surface area contributed by atoms with Gasteiger partial charge in [-0.3, -0.25) is 0 Å². The number of aromatic hydroxyl groups is 1. The number of phenolic OH excluding ortho intramolecular Hbond substituents is 1. The van der Waals surface area contributed by atoms with Crippen LogP contribution in [-0.4, -0.2) is 14.7 Å². The molecule has 0 bridgehead atoms. The second kappa shape index (κ2) is 3.23. The van der Waals surface area contributed by atoms with Gasteiger partial charge in [-0.05, 0) is 12.1 Å². The van der Waals surface area contributed by atoms with Gasteiger partial charge in [0, 0.05) is 18.5 Å². The van der Waals surface area contributed by atoms with Crippen LogP contribution in [0.2, 0.25) is 0 Å². The first-order valence-corrected chi connectivity index (χ1v) is 4.02. The SMILES string of the molecule is N#Cc1ccc(O)cc1-n1ccnc1. The molecule has 14 heavy (non-hydrogen) atoms. The lowest BCUT2D eigenvalue weighted by atomic mass is 10.2. The zero-order chi connectivity index (χ0) is 9.97. The zero-order valence-corrected chi connectivity index (χ0v) is 7.25. The largest absolute Gasteiger partial charge is 0.508 e. The smallest absolute Gasteiger partial charge is 0.117 e. The highest BCUT2D eigenvalue weighted by Gasteiger charge is 2.04. The third-order valence-corrected chi connectivity index (χ3v) is 1.88. The van der Waals surface area contributed by atoms with Crippen LogP contribution in [0.3, 0.4) is 0 Å². The average molecular weight is 185 g/mol. The van der Waals surface area contributed by atoms with Gasteiger partial charge in [0.05, 0.1) is 17.6 Å². The predicted octanol–water partition coefficient (Wildman–Crippen LogP) is 1.45. The molecule has 68 valence electrons. The van der Waals surface area contributed by atoms with Crippen molar-refractivity contribution in [3.63, 3.8) is 0 Å². The van der Waals surface area contributed by atoms with Crippen LogP contribution >= 0.6 is 0 Å². The van der Waals surface area contributed by atoms with Crippen molar-refractivity contribution < 1.29 is 5.11 Å². The fraction of sp³-hybridized carbons (Fsp3) is 0. The minimum atomic E-state index is 0.132. The Hall–Kier alpha value is -2.28. The Labute approximate surface area is 80.7 Å². The first-order chi connectivity index (χ1) is 6.81. The van der Waals surface area contributed by atoms with Gasteiger partial charge in [-0.15, -0.1) is 0 Å². The molecule has 1 aromatic carbocycles. The second-order valence-electron chi connectivity index (χ2n) is 2.78. The lowest BCUT2D eigenvalue weighted by Gasteiger charge is -2.04. The lowest BCUT2D eigenvalue weighted by Crippen LogP contribution is -1.93. The molecule has 2 aromatic rings. The van der Waals surface area contributed by atoms with Gasteiger partial charge in [0.2, 0.25) is 0 Å². The minimum absolute atomic E-state index is 0.132. The van der Waals surface area contributed by atoms with Gasteiger partial charge in [0.1, 0.15) is 11.8 Å². The molecule has 0 spiro atoms. The number of phenols is 1. The summed E-state index contributed by atoms with van der Waals surface area (Å²) >= 11 is 0. The van der Waals surface area contributed by atoms with Crippen molar-refractivity contribution in [3.8, 4) is 17.5 Å². The Morgan fingerprint density at radius 3 is 2.93 bits per heavy atom. The van der Waals surface area contributed by atoms with E-state index in [9.17, 15) is 5.11 Å². The molecule has 1 heterocycles. The summed E-state index contributed by atoms with van der Waals surface area (Å²) in [4.78, 5) is 3.88. The fourth-order valence-electron chi connectivity index (χ4n) is 1.23. The molecular weight excluding hydrogens is 178 g/mol. The molecule has 0 aliphatic carbocycles. The maximum absolute atomic E-state index is 9.29. The van der Waals surface area contributed by atoms with Crippen molar-refractivity contribution >= 4 is 0 Å². The molecule has 4 heteroatoms. The molecule has 0 fully saturated rings. The molecular formula is C10H7N3O. The molecule has 1 aromatic heterocycles. The fourth-order valence-corrected chi connectivity index (χ4v) is 1.23. The summed E-state index contributed by atoms with van der Waals surface area (Å²) in [5.74, 6) is 0.132. The maximum atomic E-state index is 9.29. The molecule has 0 radical (unpaired) electrons. The van der Waals surface area contributed by atoms with Crippen molar-refractivity contribution in [2.45, 2.75) is 0 Å². The summed E-state index contributed by atoms with van der Waals surface area (Å²) in [5.41, 5.74) is 1.13. The molecule has 1 N–H and O–H groups in total. The molecule has 0 aliphatic rings. The molecule has 0 unspecified atom stereocenters. The Kier molecular flexibility index (Phi) is 1.92. The van der Waals surface area contributed by atoms with Crippen molar-refractivity contribution in [1.29, 1.82) is 5.26 Å². The van der Waals surface area contributed by atoms with E-state index in [0.29, 0.717) is 11.3 Å². The number of nitrogens with zero attached hydrogens (tertiary/aromatic N) is 3. The van der Waals surface area contributed by atoms with E-state index in [4.69, 9.17) is 5.26 Å². The third-order valence-electron chi connectivity index (χ3n) is 1.88. The molecule has 4 nitrogen and oxygen atoms in total. The van der Waals surface area contributed by atoms with Crippen LogP contribution in [0.4, 0.5) is 0 Å². The third kappa shape index (κ3) is 1.31. The first kappa shape index (κ1) is 8.32. The van der Waals surface area contributed by atoms with Crippen molar-refractivity contribution in [1.82, 2.24) is 9.55 Å². The van der Waals surface area contributed by atoms with Crippen molar-refractivity contribution in [3.05, 3.63) is 42.5 Å². The number of rotatable bonds is 1.